The Hall–Kier alpha value is -1.40. The van der Waals surface area contributed by atoms with Gasteiger partial charge in [0.15, 0.2) is 5.60 Å². The number of aromatic nitrogens is 2. The maximum absolute atomic E-state index is 11.2. The van der Waals surface area contributed by atoms with Crippen LogP contribution in [0.1, 0.15) is 39.2 Å². The number of hydrogen-bond donors (Lipinski definition) is 2. The van der Waals surface area contributed by atoms with E-state index in [4.69, 9.17) is 4.74 Å². The first-order valence-corrected chi connectivity index (χ1v) is 7.51. The molecular weight excluding hydrogens is 270 g/mol. The largest absolute Gasteiger partial charge is 0.479 e. The lowest BCUT2D eigenvalue weighted by molar-refractivity contribution is -0.170. The molecule has 0 radical (unpaired) electrons. The number of ether oxygens (including phenoxy) is 1. The Kier molecular flexibility index (Phi) is 5.00. The van der Waals surface area contributed by atoms with Crippen LogP contribution in [0.3, 0.4) is 0 Å². The molecule has 0 saturated carbocycles. The van der Waals surface area contributed by atoms with E-state index in [1.165, 1.54) is 0 Å². The third-order valence-electron chi connectivity index (χ3n) is 3.81. The van der Waals surface area contributed by atoms with E-state index in [-0.39, 0.29) is 6.04 Å². The standard InChI is InChI=1S/C15H25N3O3/c1-11(2)9-18-10-12(8-17-18)7-16-13-4-5-21-15(3,6-13)14(19)20/h8,10-11,13,16H,4-7,9H2,1-3H3,(H,19,20). The van der Waals surface area contributed by atoms with Crippen molar-refractivity contribution in [3.8, 4) is 0 Å². The van der Waals surface area contributed by atoms with Gasteiger partial charge in [0, 0.05) is 43.9 Å². The predicted octanol–water partition coefficient (Wildman–Crippen LogP) is 1.65. The zero-order valence-corrected chi connectivity index (χ0v) is 13.0. The van der Waals surface area contributed by atoms with Gasteiger partial charge in [-0.1, -0.05) is 13.8 Å². The Balaban J connectivity index is 1.85. The van der Waals surface area contributed by atoms with Crippen LogP contribution in [-0.4, -0.2) is 39.1 Å². The smallest absolute Gasteiger partial charge is 0.335 e. The summed E-state index contributed by atoms with van der Waals surface area (Å²) in [6.45, 7) is 8.06. The molecule has 0 spiro atoms. The second kappa shape index (κ2) is 6.58. The lowest BCUT2D eigenvalue weighted by Gasteiger charge is -2.35. The SMILES string of the molecule is CC(C)Cn1cc(CNC2CCOC(C)(C(=O)O)C2)cn1. The van der Waals surface area contributed by atoms with E-state index in [0.29, 0.717) is 25.5 Å². The van der Waals surface area contributed by atoms with Gasteiger partial charge in [0.2, 0.25) is 0 Å². The fourth-order valence-corrected chi connectivity index (χ4v) is 2.61. The van der Waals surface area contributed by atoms with Gasteiger partial charge >= 0.3 is 5.97 Å². The molecular formula is C15H25N3O3. The summed E-state index contributed by atoms with van der Waals surface area (Å²) in [6, 6.07) is 0.160. The first-order chi connectivity index (χ1) is 9.89. The number of nitrogens with one attached hydrogen (secondary N) is 1. The molecule has 2 N–H and O–H groups in total. The van der Waals surface area contributed by atoms with Crippen LogP contribution >= 0.6 is 0 Å². The van der Waals surface area contributed by atoms with Gasteiger partial charge in [-0.15, -0.1) is 0 Å². The molecule has 6 heteroatoms. The molecule has 2 rings (SSSR count). The van der Waals surface area contributed by atoms with E-state index >= 15 is 0 Å². The minimum Gasteiger partial charge on any atom is -0.479 e. The van der Waals surface area contributed by atoms with E-state index in [2.05, 4.69) is 24.3 Å². The van der Waals surface area contributed by atoms with E-state index in [0.717, 1.165) is 18.5 Å². The molecule has 1 aliphatic rings. The maximum Gasteiger partial charge on any atom is 0.335 e. The minimum absolute atomic E-state index is 0.160. The molecule has 1 aromatic rings. The van der Waals surface area contributed by atoms with Crippen molar-refractivity contribution in [2.75, 3.05) is 6.61 Å². The minimum atomic E-state index is -1.07. The van der Waals surface area contributed by atoms with Crippen LogP contribution in [0, 0.1) is 5.92 Å². The molecule has 6 nitrogen and oxygen atoms in total. The average molecular weight is 295 g/mol. The number of carbonyl (C=O) groups is 1. The van der Waals surface area contributed by atoms with Crippen molar-refractivity contribution in [2.24, 2.45) is 5.92 Å². The Morgan fingerprint density at radius 3 is 3.10 bits per heavy atom. The van der Waals surface area contributed by atoms with Gasteiger partial charge in [-0.05, 0) is 19.3 Å². The quantitative estimate of drug-likeness (QED) is 0.834. The summed E-state index contributed by atoms with van der Waals surface area (Å²) < 4.78 is 7.35. The summed E-state index contributed by atoms with van der Waals surface area (Å²) in [6.07, 6.45) is 5.24. The second-order valence-electron chi connectivity index (χ2n) is 6.42. The van der Waals surface area contributed by atoms with Gasteiger partial charge in [0.25, 0.3) is 0 Å². The molecule has 21 heavy (non-hydrogen) atoms. The van der Waals surface area contributed by atoms with Crippen molar-refractivity contribution in [3.63, 3.8) is 0 Å². The molecule has 0 aliphatic carbocycles. The van der Waals surface area contributed by atoms with Crippen LogP contribution in [0.5, 0.6) is 0 Å². The number of carboxylic acids is 1. The molecule has 1 fully saturated rings. The van der Waals surface area contributed by atoms with Crippen LogP contribution in [-0.2, 0) is 22.6 Å². The zero-order valence-electron chi connectivity index (χ0n) is 13.0. The molecule has 0 bridgehead atoms. The van der Waals surface area contributed by atoms with E-state index in [1.807, 2.05) is 17.1 Å². The van der Waals surface area contributed by atoms with Crippen LogP contribution in [0.15, 0.2) is 12.4 Å². The van der Waals surface area contributed by atoms with Crippen molar-refractivity contribution in [2.45, 2.75) is 58.3 Å². The lowest BCUT2D eigenvalue weighted by Crippen LogP contribution is -2.49. The number of aliphatic carboxylic acids is 1. The monoisotopic (exact) mass is 295 g/mol. The van der Waals surface area contributed by atoms with Crippen molar-refractivity contribution in [1.29, 1.82) is 0 Å². The Morgan fingerprint density at radius 2 is 2.43 bits per heavy atom. The van der Waals surface area contributed by atoms with E-state index in [9.17, 15) is 9.90 Å². The molecule has 2 heterocycles. The molecule has 1 saturated heterocycles. The van der Waals surface area contributed by atoms with Crippen LogP contribution in [0.25, 0.3) is 0 Å². The summed E-state index contributed by atoms with van der Waals surface area (Å²) in [4.78, 5) is 11.2. The van der Waals surface area contributed by atoms with Crippen molar-refractivity contribution in [1.82, 2.24) is 15.1 Å². The molecule has 118 valence electrons. The normalized spacial score (nSPS) is 26.2. The highest BCUT2D eigenvalue weighted by molar-refractivity contribution is 5.77. The highest BCUT2D eigenvalue weighted by Gasteiger charge is 2.39. The first kappa shape index (κ1) is 16.0. The molecule has 2 atom stereocenters. The van der Waals surface area contributed by atoms with E-state index < -0.39 is 11.6 Å². The second-order valence-corrected chi connectivity index (χ2v) is 6.42. The third-order valence-corrected chi connectivity index (χ3v) is 3.81. The van der Waals surface area contributed by atoms with Gasteiger partial charge in [0.05, 0.1) is 6.20 Å². The van der Waals surface area contributed by atoms with Crippen molar-refractivity contribution >= 4 is 5.97 Å². The fourth-order valence-electron chi connectivity index (χ4n) is 2.61. The molecule has 0 amide bonds. The number of carboxylic acid groups (broad SMARTS) is 1. The summed E-state index contributed by atoms with van der Waals surface area (Å²) in [5, 5.41) is 17.0. The third kappa shape index (κ3) is 4.28. The average Bonchev–Trinajstić information content (AvgIpc) is 2.83. The Bertz CT molecular complexity index is 486. The van der Waals surface area contributed by atoms with Crippen LogP contribution < -0.4 is 5.32 Å². The van der Waals surface area contributed by atoms with Gasteiger partial charge in [-0.25, -0.2) is 4.79 Å². The zero-order chi connectivity index (χ0) is 15.5. The first-order valence-electron chi connectivity index (χ1n) is 7.51. The highest BCUT2D eigenvalue weighted by atomic mass is 16.5. The molecule has 1 aromatic heterocycles. The van der Waals surface area contributed by atoms with Crippen LogP contribution in [0.4, 0.5) is 0 Å². The summed E-state index contributed by atoms with van der Waals surface area (Å²) in [5.41, 5.74) is 0.0525. The number of nitrogens with zero attached hydrogens (tertiary/aromatic N) is 2. The molecule has 2 unspecified atom stereocenters. The summed E-state index contributed by atoms with van der Waals surface area (Å²) in [7, 11) is 0. The molecule has 1 aliphatic heterocycles. The number of hydrogen-bond acceptors (Lipinski definition) is 4. The summed E-state index contributed by atoms with van der Waals surface area (Å²) >= 11 is 0. The topological polar surface area (TPSA) is 76.4 Å². The van der Waals surface area contributed by atoms with Gasteiger partial charge in [-0.2, -0.15) is 5.10 Å². The summed E-state index contributed by atoms with van der Waals surface area (Å²) in [5.74, 6) is -0.323. The number of rotatable bonds is 6. The van der Waals surface area contributed by atoms with Gasteiger partial charge < -0.3 is 15.2 Å². The fraction of sp³-hybridized carbons (Fsp3) is 0.733. The van der Waals surface area contributed by atoms with Crippen LogP contribution in [0.2, 0.25) is 0 Å². The predicted molar refractivity (Wildman–Crippen MR) is 78.9 cm³/mol. The lowest BCUT2D eigenvalue weighted by atomic mass is 9.92. The highest BCUT2D eigenvalue weighted by Crippen LogP contribution is 2.25. The van der Waals surface area contributed by atoms with Crippen molar-refractivity contribution < 1.29 is 14.6 Å². The Morgan fingerprint density at radius 1 is 1.67 bits per heavy atom. The maximum atomic E-state index is 11.2. The van der Waals surface area contributed by atoms with Crippen molar-refractivity contribution in [3.05, 3.63) is 18.0 Å². The van der Waals surface area contributed by atoms with E-state index in [1.54, 1.807) is 6.92 Å². The molecule has 0 aromatic carbocycles. The Labute approximate surface area is 125 Å². The van der Waals surface area contributed by atoms with Gasteiger partial charge in [-0.3, -0.25) is 4.68 Å². The van der Waals surface area contributed by atoms with Gasteiger partial charge in [0.1, 0.15) is 0 Å².